The molecule has 0 saturated heterocycles. The number of nitrogens with zero attached hydrogens (tertiary/aromatic N) is 3. The maximum atomic E-state index is 6.22. The topological polar surface area (TPSA) is 75.9 Å². The summed E-state index contributed by atoms with van der Waals surface area (Å²) in [5.74, 6) is 1.53. The summed E-state index contributed by atoms with van der Waals surface area (Å²) in [6.45, 7) is 0. The van der Waals surface area contributed by atoms with Crippen molar-refractivity contribution in [3.05, 3.63) is 163 Å². The van der Waals surface area contributed by atoms with Crippen LogP contribution in [0.1, 0.15) is 22.9 Å². The van der Waals surface area contributed by atoms with E-state index in [-0.39, 0.29) is 0 Å². The highest BCUT2D eigenvalue weighted by atomic mass is 16.3. The molecule has 48 heavy (non-hydrogen) atoms. The van der Waals surface area contributed by atoms with E-state index in [0.717, 1.165) is 94.1 Å². The number of para-hydroxylation sites is 1. The van der Waals surface area contributed by atoms with Crippen molar-refractivity contribution in [1.82, 2.24) is 10.3 Å². The van der Waals surface area contributed by atoms with E-state index in [0.29, 0.717) is 0 Å². The molecule has 6 aromatic carbocycles. The van der Waals surface area contributed by atoms with Crippen LogP contribution >= 0.6 is 0 Å². The molecular formula is C42H26N4O2. The highest BCUT2D eigenvalue weighted by molar-refractivity contribution is 6.18. The van der Waals surface area contributed by atoms with E-state index < -0.39 is 6.17 Å². The zero-order valence-corrected chi connectivity index (χ0v) is 25.6. The zero-order valence-electron chi connectivity index (χ0n) is 25.6. The van der Waals surface area contributed by atoms with Crippen LogP contribution in [0.15, 0.2) is 165 Å². The van der Waals surface area contributed by atoms with Crippen LogP contribution in [0.2, 0.25) is 0 Å². The summed E-state index contributed by atoms with van der Waals surface area (Å²) in [6.07, 6.45) is 3.07. The molecule has 1 N–H and O–H groups in total. The number of benzene rings is 6. The van der Waals surface area contributed by atoms with Gasteiger partial charge in [0.2, 0.25) is 0 Å². The number of pyridine rings is 1. The molecule has 4 heterocycles. The summed E-state index contributed by atoms with van der Waals surface area (Å²) in [4.78, 5) is 14.7. The number of amidine groups is 2. The Balaban J connectivity index is 1.13. The minimum atomic E-state index is -0.483. The molecule has 6 heteroatoms. The Morgan fingerprint density at radius 3 is 2.12 bits per heavy atom. The Morgan fingerprint density at radius 2 is 1.21 bits per heavy atom. The quantitative estimate of drug-likeness (QED) is 0.213. The Hall–Kier alpha value is -6.53. The number of nitrogens with one attached hydrogen (secondary N) is 1. The maximum Gasteiger partial charge on any atom is 0.170 e. The summed E-state index contributed by atoms with van der Waals surface area (Å²) >= 11 is 0. The van der Waals surface area contributed by atoms with Gasteiger partial charge in [-0.15, -0.1) is 0 Å². The minimum Gasteiger partial charge on any atom is -0.456 e. The van der Waals surface area contributed by atoms with Crippen LogP contribution in [0, 0.1) is 0 Å². The molecule has 0 amide bonds. The fraction of sp³-hybridized carbons (Fsp3) is 0.0238. The monoisotopic (exact) mass is 618 g/mol. The molecular weight excluding hydrogens is 592 g/mol. The molecule has 0 radical (unpaired) electrons. The number of fused-ring (bicyclic) bond motifs is 7. The van der Waals surface area contributed by atoms with Crippen LogP contribution in [-0.2, 0) is 0 Å². The van der Waals surface area contributed by atoms with Crippen molar-refractivity contribution < 1.29 is 8.83 Å². The third kappa shape index (κ3) is 4.16. The maximum absolute atomic E-state index is 6.22. The van der Waals surface area contributed by atoms with Crippen molar-refractivity contribution in [3.8, 4) is 11.1 Å². The number of hydrogen-bond donors (Lipinski definition) is 1. The van der Waals surface area contributed by atoms with Gasteiger partial charge in [-0.3, -0.25) is 4.98 Å². The number of hydrogen-bond acceptors (Lipinski definition) is 6. The van der Waals surface area contributed by atoms with Gasteiger partial charge in [0.15, 0.2) is 11.7 Å². The van der Waals surface area contributed by atoms with E-state index in [4.69, 9.17) is 18.8 Å². The lowest BCUT2D eigenvalue weighted by Gasteiger charge is -2.23. The normalized spacial score (nSPS) is 14.9. The molecule has 3 aromatic heterocycles. The molecule has 0 spiro atoms. The smallest absolute Gasteiger partial charge is 0.170 e. The van der Waals surface area contributed by atoms with Gasteiger partial charge in [0.25, 0.3) is 0 Å². The van der Waals surface area contributed by atoms with Crippen LogP contribution in [0.4, 0.5) is 0 Å². The molecule has 226 valence electrons. The first kappa shape index (κ1) is 26.7. The van der Waals surface area contributed by atoms with Crippen molar-refractivity contribution in [2.24, 2.45) is 9.98 Å². The van der Waals surface area contributed by atoms with E-state index in [2.05, 4.69) is 89.2 Å². The standard InChI is InChI=1S/C42H26N4O2/c1-2-9-25(10-3-1)40-44-41(46-42(45-40)33-15-8-18-36-39(33)32-21-22-43-24-37(32)48-36)27-19-20-28-26(23-27)11-6-13-29(28)30-14-7-17-35-38(30)31-12-4-5-16-34(31)47-35/h1-24,42H,(H,44,45,46). The number of aliphatic imine (C=N–C) groups is 2. The summed E-state index contributed by atoms with van der Waals surface area (Å²) in [7, 11) is 0. The van der Waals surface area contributed by atoms with Gasteiger partial charge in [-0.25, -0.2) is 9.98 Å². The van der Waals surface area contributed by atoms with E-state index in [1.54, 1.807) is 12.4 Å². The molecule has 1 aliphatic rings. The van der Waals surface area contributed by atoms with Crippen LogP contribution in [-0.4, -0.2) is 16.7 Å². The van der Waals surface area contributed by atoms with Gasteiger partial charge in [0.1, 0.15) is 28.4 Å². The van der Waals surface area contributed by atoms with Crippen molar-refractivity contribution in [2.45, 2.75) is 6.17 Å². The average molecular weight is 619 g/mol. The number of aromatic nitrogens is 1. The van der Waals surface area contributed by atoms with Crippen molar-refractivity contribution in [1.29, 1.82) is 0 Å². The molecule has 1 aliphatic heterocycles. The molecule has 0 saturated carbocycles. The van der Waals surface area contributed by atoms with Crippen molar-refractivity contribution >= 4 is 66.3 Å². The van der Waals surface area contributed by atoms with Gasteiger partial charge in [0.05, 0.1) is 6.20 Å². The van der Waals surface area contributed by atoms with Gasteiger partial charge in [-0.05, 0) is 52.2 Å². The van der Waals surface area contributed by atoms with Gasteiger partial charge in [-0.1, -0.05) is 103 Å². The van der Waals surface area contributed by atoms with Gasteiger partial charge in [0, 0.05) is 44.4 Å². The van der Waals surface area contributed by atoms with E-state index in [1.165, 1.54) is 0 Å². The number of furan rings is 2. The van der Waals surface area contributed by atoms with Crippen LogP contribution in [0.3, 0.4) is 0 Å². The minimum absolute atomic E-state index is 0.483. The predicted octanol–water partition coefficient (Wildman–Crippen LogP) is 10.2. The lowest BCUT2D eigenvalue weighted by Crippen LogP contribution is -2.36. The third-order valence-corrected chi connectivity index (χ3v) is 9.24. The first-order valence-corrected chi connectivity index (χ1v) is 16.0. The zero-order chi connectivity index (χ0) is 31.6. The van der Waals surface area contributed by atoms with Crippen LogP contribution < -0.4 is 5.32 Å². The van der Waals surface area contributed by atoms with Gasteiger partial charge < -0.3 is 14.2 Å². The largest absolute Gasteiger partial charge is 0.456 e. The predicted molar refractivity (Wildman–Crippen MR) is 194 cm³/mol. The second-order valence-electron chi connectivity index (χ2n) is 12.0. The highest BCUT2D eigenvalue weighted by Crippen LogP contribution is 2.40. The summed E-state index contributed by atoms with van der Waals surface area (Å²) in [5, 5.41) is 10.1. The Labute approximate surface area is 274 Å². The molecule has 10 rings (SSSR count). The van der Waals surface area contributed by atoms with E-state index in [1.807, 2.05) is 54.6 Å². The molecule has 6 nitrogen and oxygen atoms in total. The first-order valence-electron chi connectivity index (χ1n) is 16.0. The number of rotatable bonds is 4. The molecule has 1 atom stereocenters. The lowest BCUT2D eigenvalue weighted by atomic mass is 9.93. The van der Waals surface area contributed by atoms with Crippen LogP contribution in [0.25, 0.3) is 65.8 Å². The second-order valence-corrected chi connectivity index (χ2v) is 12.0. The van der Waals surface area contributed by atoms with Crippen molar-refractivity contribution in [2.75, 3.05) is 0 Å². The summed E-state index contributed by atoms with van der Waals surface area (Å²) in [5.41, 5.74) is 8.58. The van der Waals surface area contributed by atoms with Gasteiger partial charge in [-0.2, -0.15) is 0 Å². The van der Waals surface area contributed by atoms with Crippen LogP contribution in [0.5, 0.6) is 0 Å². The Morgan fingerprint density at radius 1 is 0.500 bits per heavy atom. The van der Waals surface area contributed by atoms with E-state index >= 15 is 0 Å². The first-order chi connectivity index (χ1) is 23.8. The van der Waals surface area contributed by atoms with E-state index in [9.17, 15) is 0 Å². The molecule has 0 fully saturated rings. The van der Waals surface area contributed by atoms with Gasteiger partial charge >= 0.3 is 0 Å². The Bertz CT molecular complexity index is 2770. The SMILES string of the molecule is c1ccc(C2=NC(c3cccc4oc5cnccc5c34)N=C(c3ccc4c(-c5cccc6oc7ccccc7c56)cccc4c3)N2)cc1. The highest BCUT2D eigenvalue weighted by Gasteiger charge is 2.24. The fourth-order valence-electron chi connectivity index (χ4n) is 7.07. The summed E-state index contributed by atoms with van der Waals surface area (Å²) < 4.78 is 12.4. The molecule has 1 unspecified atom stereocenters. The molecule has 0 aliphatic carbocycles. The molecule has 9 aromatic rings. The Kier molecular flexibility index (Phi) is 5.84. The summed E-state index contributed by atoms with van der Waals surface area (Å²) in [6, 6.07) is 45.8. The fourth-order valence-corrected chi connectivity index (χ4v) is 7.07. The van der Waals surface area contributed by atoms with Crippen molar-refractivity contribution in [3.63, 3.8) is 0 Å². The molecule has 0 bridgehead atoms. The average Bonchev–Trinajstić information content (AvgIpc) is 3.73. The third-order valence-electron chi connectivity index (χ3n) is 9.24. The lowest BCUT2D eigenvalue weighted by molar-refractivity contribution is 0.665. The second kappa shape index (κ2) is 10.5.